The molecular formula is C36H26N2Si. The van der Waals surface area contributed by atoms with Gasteiger partial charge in [-0.3, -0.25) is 0 Å². The van der Waals surface area contributed by atoms with E-state index in [4.69, 9.17) is 0 Å². The molecule has 0 unspecified atom stereocenters. The Morgan fingerprint density at radius 2 is 0.718 bits per heavy atom. The minimum Gasteiger partial charge on any atom is -0.354 e. The average Bonchev–Trinajstić information content (AvgIpc) is 3.56. The summed E-state index contributed by atoms with van der Waals surface area (Å²) >= 11 is 0. The summed E-state index contributed by atoms with van der Waals surface area (Å²) in [6.07, 6.45) is 0. The second-order valence-electron chi connectivity index (χ2n) is 10.3. The van der Waals surface area contributed by atoms with E-state index >= 15 is 0 Å². The molecule has 0 amide bonds. The topological polar surface area (TPSA) is 31.6 Å². The maximum Gasteiger partial charge on any atom is 0.0891 e. The van der Waals surface area contributed by atoms with Crippen LogP contribution in [0.5, 0.6) is 0 Å². The normalized spacial score (nSPS) is 11.7. The van der Waals surface area contributed by atoms with E-state index < -0.39 is 9.52 Å². The number of aromatic nitrogens is 2. The van der Waals surface area contributed by atoms with Crippen LogP contribution in [0.4, 0.5) is 0 Å². The fraction of sp³-hybridized carbons (Fsp3) is 0. The number of H-pyrrole nitrogens is 2. The van der Waals surface area contributed by atoms with Crippen molar-refractivity contribution in [3.05, 3.63) is 133 Å². The van der Waals surface area contributed by atoms with Crippen molar-refractivity contribution in [2.75, 3.05) is 0 Å². The van der Waals surface area contributed by atoms with Crippen LogP contribution in [0.1, 0.15) is 0 Å². The van der Waals surface area contributed by atoms with E-state index in [1.54, 1.807) is 0 Å². The van der Waals surface area contributed by atoms with Gasteiger partial charge in [0.25, 0.3) is 0 Å². The standard InChI is InChI=1S/C36H26N2Si/c1-5-17-29-27(13-1)35-25(15-9-19-31(35)37-29)23-11-3-7-21-33(23)39-34-22-8-4-12-24(34)26-16-10-20-32-36(26)28-14-2-6-18-30(28)38-32/h1-22,37-38H,39H2. The van der Waals surface area contributed by atoms with Crippen LogP contribution in [0.3, 0.4) is 0 Å². The minimum atomic E-state index is -0.803. The lowest BCUT2D eigenvalue weighted by Gasteiger charge is -2.15. The molecule has 0 fully saturated rings. The van der Waals surface area contributed by atoms with Gasteiger partial charge in [0.1, 0.15) is 0 Å². The Bertz CT molecular complexity index is 2010. The van der Waals surface area contributed by atoms with Crippen molar-refractivity contribution < 1.29 is 0 Å². The third-order valence-electron chi connectivity index (χ3n) is 8.06. The SMILES string of the molecule is c1ccc(-c2cccc3[nH]c4ccccc4c23)c([SiH2]c2ccccc2-c2cccc3[nH]c4ccccc4c23)c1. The number of hydrogen-bond donors (Lipinski definition) is 2. The number of hydrogen-bond acceptors (Lipinski definition) is 0. The predicted octanol–water partition coefficient (Wildman–Crippen LogP) is 7.41. The molecule has 0 aliphatic carbocycles. The summed E-state index contributed by atoms with van der Waals surface area (Å²) in [5, 5.41) is 8.12. The van der Waals surface area contributed by atoms with Crippen LogP contribution in [0.15, 0.2) is 133 Å². The van der Waals surface area contributed by atoms with Crippen molar-refractivity contribution >= 4 is 63.5 Å². The Kier molecular flexibility index (Phi) is 5.03. The summed E-state index contributed by atoms with van der Waals surface area (Å²) in [6, 6.07) is 48.6. The zero-order valence-corrected chi connectivity index (χ0v) is 22.8. The van der Waals surface area contributed by atoms with Crippen LogP contribution in [-0.2, 0) is 0 Å². The summed E-state index contributed by atoms with van der Waals surface area (Å²) in [5.74, 6) is 0. The zero-order valence-electron chi connectivity index (χ0n) is 21.4. The van der Waals surface area contributed by atoms with E-state index in [1.165, 1.54) is 76.2 Å². The molecule has 0 bridgehead atoms. The second-order valence-corrected chi connectivity index (χ2v) is 12.2. The highest BCUT2D eigenvalue weighted by molar-refractivity contribution is 6.70. The van der Waals surface area contributed by atoms with Gasteiger partial charge in [-0.2, -0.15) is 0 Å². The van der Waals surface area contributed by atoms with Crippen molar-refractivity contribution in [2.24, 2.45) is 0 Å². The van der Waals surface area contributed by atoms with Crippen LogP contribution in [0.25, 0.3) is 65.9 Å². The fourth-order valence-corrected chi connectivity index (χ4v) is 8.25. The maximum atomic E-state index is 3.63. The van der Waals surface area contributed by atoms with Gasteiger partial charge in [-0.1, -0.05) is 120 Å². The van der Waals surface area contributed by atoms with Gasteiger partial charge in [0.15, 0.2) is 0 Å². The van der Waals surface area contributed by atoms with E-state index in [0.29, 0.717) is 0 Å². The molecule has 0 atom stereocenters. The first-order chi connectivity index (χ1) is 19.3. The maximum absolute atomic E-state index is 3.63. The van der Waals surface area contributed by atoms with Crippen LogP contribution < -0.4 is 10.4 Å². The largest absolute Gasteiger partial charge is 0.354 e. The third-order valence-corrected chi connectivity index (χ3v) is 10.1. The molecule has 8 aromatic rings. The minimum absolute atomic E-state index is 0.803. The molecule has 0 aliphatic rings. The Hall–Kier alpha value is -4.86. The Morgan fingerprint density at radius 1 is 0.333 bits per heavy atom. The molecule has 0 radical (unpaired) electrons. The molecule has 2 N–H and O–H groups in total. The third kappa shape index (κ3) is 3.55. The fourth-order valence-electron chi connectivity index (χ4n) is 6.33. The lowest BCUT2D eigenvalue weighted by Crippen LogP contribution is -2.30. The highest BCUT2D eigenvalue weighted by Gasteiger charge is 2.16. The Labute approximate surface area is 228 Å². The first-order valence-electron chi connectivity index (χ1n) is 13.5. The van der Waals surface area contributed by atoms with Crippen molar-refractivity contribution in [1.82, 2.24) is 9.97 Å². The van der Waals surface area contributed by atoms with Crippen molar-refractivity contribution in [3.63, 3.8) is 0 Å². The average molecular weight is 515 g/mol. The van der Waals surface area contributed by atoms with Crippen molar-refractivity contribution in [2.45, 2.75) is 0 Å². The van der Waals surface area contributed by atoms with Crippen molar-refractivity contribution in [3.8, 4) is 22.3 Å². The summed E-state index contributed by atoms with van der Waals surface area (Å²) < 4.78 is 0. The van der Waals surface area contributed by atoms with E-state index in [2.05, 4.69) is 143 Å². The van der Waals surface area contributed by atoms with Crippen molar-refractivity contribution in [1.29, 1.82) is 0 Å². The Morgan fingerprint density at radius 3 is 1.23 bits per heavy atom. The van der Waals surface area contributed by atoms with Gasteiger partial charge in [-0.25, -0.2) is 0 Å². The molecule has 0 saturated heterocycles. The van der Waals surface area contributed by atoms with E-state index in [9.17, 15) is 0 Å². The first kappa shape index (κ1) is 22.2. The van der Waals surface area contributed by atoms with E-state index in [1.807, 2.05) is 0 Å². The predicted molar refractivity (Wildman–Crippen MR) is 170 cm³/mol. The highest BCUT2D eigenvalue weighted by Crippen LogP contribution is 2.35. The molecule has 8 rings (SSSR count). The number of nitrogens with one attached hydrogen (secondary N) is 2. The quantitative estimate of drug-likeness (QED) is 0.229. The smallest absolute Gasteiger partial charge is 0.0891 e. The molecule has 39 heavy (non-hydrogen) atoms. The lowest BCUT2D eigenvalue weighted by atomic mass is 9.99. The molecule has 3 heteroatoms. The van der Waals surface area contributed by atoms with Gasteiger partial charge >= 0.3 is 0 Å². The van der Waals surface area contributed by atoms with Crippen LogP contribution in [0, 0.1) is 0 Å². The molecule has 6 aromatic carbocycles. The van der Waals surface area contributed by atoms with Gasteiger partial charge in [0.2, 0.25) is 0 Å². The summed E-state index contributed by atoms with van der Waals surface area (Å²) in [7, 11) is -0.803. The van der Waals surface area contributed by atoms with Gasteiger partial charge in [-0.15, -0.1) is 0 Å². The number of aromatic amines is 2. The summed E-state index contributed by atoms with van der Waals surface area (Å²) in [4.78, 5) is 7.25. The summed E-state index contributed by atoms with van der Waals surface area (Å²) in [6.45, 7) is 0. The zero-order chi connectivity index (χ0) is 25.8. The van der Waals surface area contributed by atoms with Gasteiger partial charge in [0.05, 0.1) is 9.52 Å². The molecule has 0 spiro atoms. The highest BCUT2D eigenvalue weighted by atomic mass is 28.2. The molecular weight excluding hydrogens is 488 g/mol. The molecule has 0 aliphatic heterocycles. The van der Waals surface area contributed by atoms with Crippen LogP contribution >= 0.6 is 0 Å². The van der Waals surface area contributed by atoms with E-state index in [0.717, 1.165) is 0 Å². The number of benzene rings is 6. The monoisotopic (exact) mass is 514 g/mol. The first-order valence-corrected chi connectivity index (χ1v) is 14.9. The summed E-state index contributed by atoms with van der Waals surface area (Å²) in [5.41, 5.74) is 10.1. The molecule has 2 nitrogen and oxygen atoms in total. The number of para-hydroxylation sites is 2. The molecule has 2 heterocycles. The van der Waals surface area contributed by atoms with Crippen LogP contribution in [0.2, 0.25) is 0 Å². The second kappa shape index (κ2) is 8.86. The molecule has 2 aromatic heterocycles. The van der Waals surface area contributed by atoms with E-state index in [-0.39, 0.29) is 0 Å². The lowest BCUT2D eigenvalue weighted by molar-refractivity contribution is 1.54. The number of fused-ring (bicyclic) bond motifs is 6. The number of rotatable bonds is 4. The van der Waals surface area contributed by atoms with Gasteiger partial charge in [0, 0.05) is 43.6 Å². The van der Waals surface area contributed by atoms with Gasteiger partial charge < -0.3 is 9.97 Å². The molecule has 184 valence electrons. The Balaban J connectivity index is 1.31. The molecule has 0 saturated carbocycles. The van der Waals surface area contributed by atoms with Crippen LogP contribution in [-0.4, -0.2) is 19.5 Å². The van der Waals surface area contributed by atoms with Gasteiger partial charge in [-0.05, 0) is 46.5 Å².